The second-order valence-corrected chi connectivity index (χ2v) is 4.68. The van der Waals surface area contributed by atoms with Crippen LogP contribution in [0.5, 0.6) is 23.0 Å². The zero-order valence-corrected chi connectivity index (χ0v) is 13.7. The van der Waals surface area contributed by atoms with Crippen molar-refractivity contribution in [2.75, 3.05) is 27.4 Å². The van der Waals surface area contributed by atoms with Crippen LogP contribution in [0.15, 0.2) is 48.5 Å². The lowest BCUT2D eigenvalue weighted by Gasteiger charge is -2.20. The molecule has 0 aliphatic rings. The number of hydrogen-bond acceptors (Lipinski definition) is 5. The summed E-state index contributed by atoms with van der Waals surface area (Å²) < 4.78 is 27.4. The lowest BCUT2D eigenvalue weighted by atomic mass is 10.3. The number of rotatable bonds is 9. The normalized spacial score (nSPS) is 10.4. The zero-order valence-electron chi connectivity index (χ0n) is 13.7. The minimum absolute atomic E-state index is 0.328. The highest BCUT2D eigenvalue weighted by atomic mass is 16.7. The fourth-order valence-electron chi connectivity index (χ4n) is 1.92. The molecule has 0 saturated heterocycles. The molecule has 0 atom stereocenters. The van der Waals surface area contributed by atoms with Crippen molar-refractivity contribution in [2.45, 2.75) is 13.2 Å². The molecular formula is C18H22O5. The van der Waals surface area contributed by atoms with Gasteiger partial charge >= 0.3 is 0 Å². The summed E-state index contributed by atoms with van der Waals surface area (Å²) in [6.45, 7) is 2.85. The van der Waals surface area contributed by atoms with Gasteiger partial charge in [0.2, 0.25) is 0 Å². The van der Waals surface area contributed by atoms with Gasteiger partial charge in [-0.1, -0.05) is 0 Å². The Bertz CT molecular complexity index is 515. The average Bonchev–Trinajstić information content (AvgIpc) is 2.61. The zero-order chi connectivity index (χ0) is 16.5. The van der Waals surface area contributed by atoms with Gasteiger partial charge < -0.3 is 23.7 Å². The van der Waals surface area contributed by atoms with Crippen LogP contribution < -0.4 is 18.9 Å². The topological polar surface area (TPSA) is 46.2 Å². The Balaban J connectivity index is 2.02. The summed E-state index contributed by atoms with van der Waals surface area (Å²) in [6.07, 6.45) is -0.545. The summed E-state index contributed by atoms with van der Waals surface area (Å²) in [6, 6.07) is 14.6. The Hall–Kier alpha value is -2.40. The lowest BCUT2D eigenvalue weighted by molar-refractivity contribution is -0.0575. The second-order valence-electron chi connectivity index (χ2n) is 4.68. The highest BCUT2D eigenvalue weighted by Crippen LogP contribution is 2.21. The van der Waals surface area contributed by atoms with Crippen LogP contribution in [0.2, 0.25) is 0 Å². The largest absolute Gasteiger partial charge is 0.497 e. The molecule has 124 valence electrons. The van der Waals surface area contributed by atoms with Gasteiger partial charge in [-0.2, -0.15) is 0 Å². The standard InChI is InChI=1S/C18H22O5/c1-4-21-13-18(22-16-9-5-14(19-2)6-10-16)23-17-11-7-15(20-3)8-12-17/h5-12,18H,4,13H2,1-3H3. The van der Waals surface area contributed by atoms with Gasteiger partial charge in [0.1, 0.15) is 29.6 Å². The van der Waals surface area contributed by atoms with Gasteiger partial charge in [-0.25, -0.2) is 0 Å². The monoisotopic (exact) mass is 318 g/mol. The molecule has 5 nitrogen and oxygen atoms in total. The maximum atomic E-state index is 5.84. The highest BCUT2D eigenvalue weighted by Gasteiger charge is 2.13. The molecule has 0 aromatic heterocycles. The van der Waals surface area contributed by atoms with E-state index < -0.39 is 6.29 Å². The number of ether oxygens (including phenoxy) is 5. The molecule has 0 spiro atoms. The van der Waals surface area contributed by atoms with Crippen LogP contribution in [0.1, 0.15) is 6.92 Å². The van der Waals surface area contributed by atoms with E-state index in [1.807, 2.05) is 55.5 Å². The summed E-state index contributed by atoms with van der Waals surface area (Å²) in [5.41, 5.74) is 0. The predicted octanol–water partition coefficient (Wildman–Crippen LogP) is 3.52. The SMILES string of the molecule is CCOCC(Oc1ccc(OC)cc1)Oc1ccc(OC)cc1. The van der Waals surface area contributed by atoms with Crippen molar-refractivity contribution >= 4 is 0 Å². The van der Waals surface area contributed by atoms with Crippen molar-refractivity contribution in [1.82, 2.24) is 0 Å². The predicted molar refractivity (Wildman–Crippen MR) is 87.5 cm³/mol. The second kappa shape index (κ2) is 8.90. The van der Waals surface area contributed by atoms with Crippen LogP contribution in [0.4, 0.5) is 0 Å². The van der Waals surface area contributed by atoms with Crippen molar-refractivity contribution in [1.29, 1.82) is 0 Å². The van der Waals surface area contributed by atoms with E-state index in [1.54, 1.807) is 14.2 Å². The van der Waals surface area contributed by atoms with Gasteiger partial charge in [-0.15, -0.1) is 0 Å². The number of methoxy groups -OCH3 is 2. The van der Waals surface area contributed by atoms with Crippen LogP contribution >= 0.6 is 0 Å². The Morgan fingerprint density at radius 1 is 0.696 bits per heavy atom. The summed E-state index contributed by atoms with van der Waals surface area (Å²) in [5.74, 6) is 2.91. The van der Waals surface area contributed by atoms with E-state index in [2.05, 4.69) is 0 Å². The lowest BCUT2D eigenvalue weighted by Crippen LogP contribution is -2.29. The molecule has 0 saturated carbocycles. The van der Waals surface area contributed by atoms with Gasteiger partial charge in [0, 0.05) is 6.61 Å². The first-order valence-electron chi connectivity index (χ1n) is 7.44. The number of hydrogen-bond donors (Lipinski definition) is 0. The molecule has 0 radical (unpaired) electrons. The Morgan fingerprint density at radius 2 is 1.09 bits per heavy atom. The van der Waals surface area contributed by atoms with E-state index in [1.165, 1.54) is 0 Å². The van der Waals surface area contributed by atoms with Crippen molar-refractivity contribution in [3.8, 4) is 23.0 Å². The molecule has 23 heavy (non-hydrogen) atoms. The van der Waals surface area contributed by atoms with Crippen molar-refractivity contribution in [3.05, 3.63) is 48.5 Å². The Kier molecular flexibility index (Phi) is 6.56. The molecule has 0 fully saturated rings. The van der Waals surface area contributed by atoms with Gasteiger partial charge in [0.25, 0.3) is 6.29 Å². The minimum atomic E-state index is -0.545. The smallest absolute Gasteiger partial charge is 0.264 e. The third kappa shape index (κ3) is 5.38. The maximum absolute atomic E-state index is 5.84. The average molecular weight is 318 g/mol. The fraction of sp³-hybridized carbons (Fsp3) is 0.333. The van der Waals surface area contributed by atoms with Crippen LogP contribution in [0, 0.1) is 0 Å². The Labute approximate surface area is 136 Å². The van der Waals surface area contributed by atoms with Crippen LogP contribution in [0.25, 0.3) is 0 Å². The molecular weight excluding hydrogens is 296 g/mol. The fourth-order valence-corrected chi connectivity index (χ4v) is 1.92. The van der Waals surface area contributed by atoms with E-state index in [-0.39, 0.29) is 0 Å². The van der Waals surface area contributed by atoms with Crippen molar-refractivity contribution < 1.29 is 23.7 Å². The quantitative estimate of drug-likeness (QED) is 0.662. The van der Waals surface area contributed by atoms with E-state index in [0.29, 0.717) is 24.7 Å². The summed E-state index contributed by atoms with van der Waals surface area (Å²) in [7, 11) is 3.25. The maximum Gasteiger partial charge on any atom is 0.264 e. The molecule has 0 amide bonds. The molecule has 0 aliphatic carbocycles. The molecule has 0 heterocycles. The van der Waals surface area contributed by atoms with E-state index >= 15 is 0 Å². The van der Waals surface area contributed by atoms with Crippen LogP contribution in [-0.2, 0) is 4.74 Å². The highest BCUT2D eigenvalue weighted by molar-refractivity contribution is 5.32. The molecule has 2 aromatic rings. The molecule has 2 aromatic carbocycles. The third-order valence-corrected chi connectivity index (χ3v) is 3.11. The van der Waals surface area contributed by atoms with Crippen LogP contribution in [-0.4, -0.2) is 33.7 Å². The molecule has 5 heteroatoms. The van der Waals surface area contributed by atoms with E-state index in [4.69, 9.17) is 23.7 Å². The first-order chi connectivity index (χ1) is 11.2. The molecule has 0 N–H and O–H groups in total. The summed E-state index contributed by atoms with van der Waals surface area (Å²) in [4.78, 5) is 0. The van der Waals surface area contributed by atoms with Gasteiger partial charge in [0.05, 0.1) is 14.2 Å². The van der Waals surface area contributed by atoms with Crippen molar-refractivity contribution in [3.63, 3.8) is 0 Å². The third-order valence-electron chi connectivity index (χ3n) is 3.11. The van der Waals surface area contributed by atoms with Gasteiger partial charge in [0.15, 0.2) is 0 Å². The molecule has 2 rings (SSSR count). The first-order valence-corrected chi connectivity index (χ1v) is 7.44. The van der Waals surface area contributed by atoms with E-state index in [0.717, 1.165) is 11.5 Å². The minimum Gasteiger partial charge on any atom is -0.497 e. The molecule has 0 unspecified atom stereocenters. The first kappa shape index (κ1) is 17.0. The number of benzene rings is 2. The molecule has 0 aliphatic heterocycles. The van der Waals surface area contributed by atoms with Crippen molar-refractivity contribution in [2.24, 2.45) is 0 Å². The van der Waals surface area contributed by atoms with Gasteiger partial charge in [-0.05, 0) is 55.5 Å². The van der Waals surface area contributed by atoms with E-state index in [9.17, 15) is 0 Å². The summed E-state index contributed by atoms with van der Waals surface area (Å²) >= 11 is 0. The van der Waals surface area contributed by atoms with Gasteiger partial charge in [-0.3, -0.25) is 0 Å². The molecule has 0 bridgehead atoms. The Morgan fingerprint density at radius 3 is 1.43 bits per heavy atom. The summed E-state index contributed by atoms with van der Waals surface area (Å²) in [5, 5.41) is 0. The van der Waals surface area contributed by atoms with Crippen LogP contribution in [0.3, 0.4) is 0 Å².